The Kier molecular flexibility index (Phi) is 8.82. The van der Waals surface area contributed by atoms with E-state index in [0.29, 0.717) is 12.2 Å². The second kappa shape index (κ2) is 11.8. The fraction of sp³-hybridized carbons (Fsp3) is 0.259. The van der Waals surface area contributed by atoms with Crippen LogP contribution in [0.15, 0.2) is 83.8 Å². The quantitative estimate of drug-likeness (QED) is 0.448. The number of nitrogens with zero attached hydrogens (tertiary/aromatic N) is 2. The van der Waals surface area contributed by atoms with E-state index in [1.807, 2.05) is 6.92 Å². The maximum atomic E-state index is 14.5. The molecule has 0 heterocycles. The number of halogens is 1. The fourth-order valence-corrected chi connectivity index (χ4v) is 5.11. The van der Waals surface area contributed by atoms with E-state index in [4.69, 9.17) is 0 Å². The number of carbonyl (C=O) groups excluding carboxylic acids is 2. The van der Waals surface area contributed by atoms with Gasteiger partial charge < -0.3 is 10.2 Å². The number of rotatable bonds is 10. The first-order valence-corrected chi connectivity index (χ1v) is 13.0. The first-order valence-electron chi connectivity index (χ1n) is 11.6. The van der Waals surface area contributed by atoms with Crippen molar-refractivity contribution in [2.45, 2.75) is 38.3 Å². The van der Waals surface area contributed by atoms with Gasteiger partial charge in [0.05, 0.1) is 10.6 Å². The summed E-state index contributed by atoms with van der Waals surface area (Å²) < 4.78 is 42.7. The second-order valence-corrected chi connectivity index (χ2v) is 10.2. The van der Waals surface area contributed by atoms with Gasteiger partial charge in [0.2, 0.25) is 11.8 Å². The number of likely N-dealkylation sites (N-methyl/N-ethyl adjacent to an activating group) is 1. The van der Waals surface area contributed by atoms with Gasteiger partial charge in [-0.1, -0.05) is 54.1 Å². The van der Waals surface area contributed by atoms with E-state index < -0.39 is 40.2 Å². The average molecular weight is 512 g/mol. The number of carbonyl (C=O) groups is 2. The molecule has 1 unspecified atom stereocenters. The molecular weight excluding hydrogens is 481 g/mol. The summed E-state index contributed by atoms with van der Waals surface area (Å²) in [7, 11) is -4.12. The molecule has 3 aromatic rings. The molecule has 0 aromatic heterocycles. The Balaban J connectivity index is 2.02. The molecule has 0 radical (unpaired) electrons. The van der Waals surface area contributed by atoms with Gasteiger partial charge in [0.15, 0.2) is 0 Å². The topological polar surface area (TPSA) is 86.8 Å². The predicted molar refractivity (Wildman–Crippen MR) is 137 cm³/mol. The molecule has 3 rings (SSSR count). The molecule has 1 N–H and O–H groups in total. The van der Waals surface area contributed by atoms with Crippen LogP contribution >= 0.6 is 0 Å². The first-order chi connectivity index (χ1) is 17.1. The van der Waals surface area contributed by atoms with E-state index in [1.165, 1.54) is 42.2 Å². The fourth-order valence-electron chi connectivity index (χ4n) is 3.67. The number of hydrogen-bond acceptors (Lipinski definition) is 4. The zero-order valence-corrected chi connectivity index (χ0v) is 21.3. The molecule has 36 heavy (non-hydrogen) atoms. The highest BCUT2D eigenvalue weighted by atomic mass is 32.2. The molecule has 0 fully saturated rings. The summed E-state index contributed by atoms with van der Waals surface area (Å²) in [6.07, 6.45) is 0. The van der Waals surface area contributed by atoms with Crippen LogP contribution in [0.1, 0.15) is 25.0 Å². The van der Waals surface area contributed by atoms with Crippen molar-refractivity contribution in [3.63, 3.8) is 0 Å². The summed E-state index contributed by atoms with van der Waals surface area (Å²) in [5, 5.41) is 2.67. The third-order valence-electron chi connectivity index (χ3n) is 5.75. The van der Waals surface area contributed by atoms with E-state index >= 15 is 0 Å². The lowest BCUT2D eigenvalue weighted by Gasteiger charge is -2.32. The van der Waals surface area contributed by atoms with E-state index in [0.717, 1.165) is 9.87 Å². The van der Waals surface area contributed by atoms with Crippen LogP contribution in [0.5, 0.6) is 0 Å². The highest BCUT2D eigenvalue weighted by molar-refractivity contribution is 7.92. The van der Waals surface area contributed by atoms with E-state index in [2.05, 4.69) is 5.32 Å². The number of anilines is 1. The SMILES string of the molecule is CCNC(=O)C(C)N(Cc1ccccc1F)C(=O)CN(c1ccc(C)cc1)S(=O)(=O)c1ccccc1. The molecule has 2 amide bonds. The lowest BCUT2D eigenvalue weighted by molar-refractivity contribution is -0.139. The number of sulfonamides is 1. The van der Waals surface area contributed by atoms with Gasteiger partial charge in [-0.15, -0.1) is 0 Å². The van der Waals surface area contributed by atoms with E-state index in [9.17, 15) is 22.4 Å². The molecule has 0 saturated heterocycles. The summed E-state index contributed by atoms with van der Waals surface area (Å²) >= 11 is 0. The third kappa shape index (κ3) is 6.28. The Morgan fingerprint density at radius 2 is 1.56 bits per heavy atom. The standard InChI is InChI=1S/C27H30FN3O4S/c1-4-29-27(33)21(3)30(18-22-10-8-9-13-25(22)28)26(32)19-31(23-16-14-20(2)15-17-23)36(34,35)24-11-6-5-7-12-24/h5-17,21H,4,18-19H2,1-3H3,(H,29,33). The van der Waals surface area contributed by atoms with Gasteiger partial charge in [0.25, 0.3) is 10.0 Å². The number of nitrogens with one attached hydrogen (secondary N) is 1. The third-order valence-corrected chi connectivity index (χ3v) is 7.54. The van der Waals surface area contributed by atoms with Gasteiger partial charge in [0, 0.05) is 18.7 Å². The first kappa shape index (κ1) is 26.9. The van der Waals surface area contributed by atoms with Crippen LogP contribution in [0, 0.1) is 12.7 Å². The molecule has 190 valence electrons. The van der Waals surface area contributed by atoms with E-state index in [-0.39, 0.29) is 17.0 Å². The number of hydrogen-bond donors (Lipinski definition) is 1. The zero-order chi connectivity index (χ0) is 26.3. The van der Waals surface area contributed by atoms with Crippen molar-refractivity contribution >= 4 is 27.5 Å². The maximum absolute atomic E-state index is 14.5. The van der Waals surface area contributed by atoms with Gasteiger partial charge >= 0.3 is 0 Å². The van der Waals surface area contributed by atoms with Crippen LogP contribution in [0.4, 0.5) is 10.1 Å². The summed E-state index contributed by atoms with van der Waals surface area (Å²) in [5.74, 6) is -1.59. The number of amides is 2. The highest BCUT2D eigenvalue weighted by Crippen LogP contribution is 2.25. The van der Waals surface area contributed by atoms with Gasteiger partial charge in [-0.05, 0) is 51.1 Å². The van der Waals surface area contributed by atoms with E-state index in [1.54, 1.807) is 55.5 Å². The summed E-state index contributed by atoms with van der Waals surface area (Å²) in [6, 6.07) is 19.6. The summed E-state index contributed by atoms with van der Waals surface area (Å²) in [4.78, 5) is 27.5. The number of aryl methyl sites for hydroxylation is 1. The smallest absolute Gasteiger partial charge is 0.264 e. The van der Waals surface area contributed by atoms with Crippen molar-refractivity contribution in [3.05, 3.63) is 95.8 Å². The molecule has 0 saturated carbocycles. The van der Waals surface area contributed by atoms with Crippen LogP contribution in [-0.4, -0.2) is 44.3 Å². The highest BCUT2D eigenvalue weighted by Gasteiger charge is 2.32. The Morgan fingerprint density at radius 1 is 0.944 bits per heavy atom. The van der Waals surface area contributed by atoms with Crippen molar-refractivity contribution in [3.8, 4) is 0 Å². The lowest BCUT2D eigenvalue weighted by Crippen LogP contribution is -2.51. The van der Waals surface area contributed by atoms with Crippen molar-refractivity contribution in [2.75, 3.05) is 17.4 Å². The minimum absolute atomic E-state index is 0.0239. The Labute approximate surface area is 211 Å². The molecule has 7 nitrogen and oxygen atoms in total. The Hall–Kier alpha value is -3.72. The van der Waals surface area contributed by atoms with Crippen LogP contribution in [0.3, 0.4) is 0 Å². The van der Waals surface area contributed by atoms with Crippen LogP contribution in [0.25, 0.3) is 0 Å². The lowest BCUT2D eigenvalue weighted by atomic mass is 10.1. The molecular formula is C27H30FN3O4S. The summed E-state index contributed by atoms with van der Waals surface area (Å²) in [5.41, 5.74) is 1.44. The predicted octanol–water partition coefficient (Wildman–Crippen LogP) is 3.88. The van der Waals surface area contributed by atoms with Crippen molar-refractivity contribution in [2.24, 2.45) is 0 Å². The molecule has 1 atom stereocenters. The van der Waals surface area contributed by atoms with Crippen molar-refractivity contribution < 1.29 is 22.4 Å². The molecule has 9 heteroatoms. The zero-order valence-electron chi connectivity index (χ0n) is 20.5. The molecule has 3 aromatic carbocycles. The Bertz CT molecular complexity index is 1300. The average Bonchev–Trinajstić information content (AvgIpc) is 2.87. The minimum atomic E-state index is -4.12. The van der Waals surface area contributed by atoms with Gasteiger partial charge in [-0.3, -0.25) is 13.9 Å². The molecule has 0 bridgehead atoms. The second-order valence-electron chi connectivity index (χ2n) is 8.34. The van der Waals surface area contributed by atoms with Gasteiger partial charge in [-0.25, -0.2) is 12.8 Å². The summed E-state index contributed by atoms with van der Waals surface area (Å²) in [6.45, 7) is 4.73. The van der Waals surface area contributed by atoms with Crippen LogP contribution in [-0.2, 0) is 26.2 Å². The molecule has 0 aliphatic rings. The van der Waals surface area contributed by atoms with Crippen LogP contribution < -0.4 is 9.62 Å². The molecule has 0 aliphatic heterocycles. The largest absolute Gasteiger partial charge is 0.355 e. The van der Waals surface area contributed by atoms with Gasteiger partial charge in [0.1, 0.15) is 18.4 Å². The molecule has 0 spiro atoms. The van der Waals surface area contributed by atoms with Crippen molar-refractivity contribution in [1.29, 1.82) is 0 Å². The minimum Gasteiger partial charge on any atom is -0.355 e. The number of benzene rings is 3. The normalized spacial score (nSPS) is 12.0. The van der Waals surface area contributed by atoms with Crippen molar-refractivity contribution in [1.82, 2.24) is 10.2 Å². The van der Waals surface area contributed by atoms with Crippen LogP contribution in [0.2, 0.25) is 0 Å². The Morgan fingerprint density at radius 3 is 2.17 bits per heavy atom. The van der Waals surface area contributed by atoms with Gasteiger partial charge in [-0.2, -0.15) is 0 Å². The monoisotopic (exact) mass is 511 g/mol. The molecule has 0 aliphatic carbocycles. The maximum Gasteiger partial charge on any atom is 0.264 e.